The Bertz CT molecular complexity index is 4080. The molecule has 6 aromatic carbocycles. The minimum atomic E-state index is -0.780. The van der Waals surface area contributed by atoms with Crippen molar-refractivity contribution in [3.63, 3.8) is 0 Å². The summed E-state index contributed by atoms with van der Waals surface area (Å²) in [5.74, 6) is 1.15. The number of hydrogen-bond donors (Lipinski definition) is 3. The molecule has 3 N–H and O–H groups in total. The monoisotopic (exact) mass is 1220 g/mol. The van der Waals surface area contributed by atoms with Crippen molar-refractivity contribution < 1.29 is 19.5 Å². The van der Waals surface area contributed by atoms with Crippen molar-refractivity contribution in [1.29, 1.82) is 0 Å². The molecule has 3 aliphatic heterocycles. The molecule has 3 amide bonds. The number of carbonyl (C=O) groups excluding carboxylic acids is 3. The lowest BCUT2D eigenvalue weighted by atomic mass is 9.64. The maximum absolute atomic E-state index is 15.0. The van der Waals surface area contributed by atoms with Gasteiger partial charge in [0, 0.05) is 86.5 Å². The number of nitrogens with one attached hydrogen (secondary N) is 2. The van der Waals surface area contributed by atoms with E-state index in [1.165, 1.54) is 55.2 Å². The third-order valence-corrected chi connectivity index (χ3v) is 20.6. The van der Waals surface area contributed by atoms with Crippen molar-refractivity contribution in [2.75, 3.05) is 44.7 Å². The zero-order chi connectivity index (χ0) is 64.6. The van der Waals surface area contributed by atoms with Gasteiger partial charge in [-0.05, 0) is 201 Å². The van der Waals surface area contributed by atoms with Crippen LogP contribution >= 0.6 is 0 Å². The molecule has 0 bridgehead atoms. The van der Waals surface area contributed by atoms with Crippen LogP contribution in [0.5, 0.6) is 5.75 Å². The van der Waals surface area contributed by atoms with Gasteiger partial charge in [-0.3, -0.25) is 14.4 Å². The number of aromatic nitrogens is 4. The fourth-order valence-corrected chi connectivity index (χ4v) is 15.4. The highest BCUT2D eigenvalue weighted by molar-refractivity contribution is 6.02. The van der Waals surface area contributed by atoms with Crippen LogP contribution in [0.15, 0.2) is 119 Å². The molecule has 1 aromatic heterocycles. The topological polar surface area (TPSA) is 181 Å². The number of aryl methyl sites for hydroxylation is 2. The average molecular weight is 1220 g/mol. The van der Waals surface area contributed by atoms with E-state index in [-0.39, 0.29) is 46.3 Å². The molecule has 0 radical (unpaired) electrons. The van der Waals surface area contributed by atoms with Gasteiger partial charge in [-0.1, -0.05) is 109 Å². The fraction of sp³-hybridized carbons (Fsp3) is 0.447. The molecule has 1 aliphatic carbocycles. The van der Waals surface area contributed by atoms with Gasteiger partial charge in [0.15, 0.2) is 11.4 Å². The SMILES string of the molecule is CCCC(C)(C(=O)NCc1ccc(-c2nnc(C)nn2)cc1)c1ccc(/N=N/c2ccc(C(C)(CC)CCNC(=O)CCCN(C)C(=O)c3ccccc3C3=c4cc5c(cc4C(C)(C)c4c3cc3c6c4CCCN6CCC3)=[N+](CC)C(C)(C)CC5C)cc2O)cc1. The van der Waals surface area contributed by atoms with Crippen molar-refractivity contribution in [3.05, 3.63) is 187 Å². The van der Waals surface area contributed by atoms with Crippen LogP contribution in [0.1, 0.15) is 205 Å². The van der Waals surface area contributed by atoms with Crippen molar-refractivity contribution in [3.8, 4) is 17.1 Å². The van der Waals surface area contributed by atoms with E-state index < -0.39 is 5.41 Å². The summed E-state index contributed by atoms with van der Waals surface area (Å²) in [4.78, 5) is 46.8. The number of amides is 3. The zero-order valence-corrected chi connectivity index (χ0v) is 55.7. The van der Waals surface area contributed by atoms with Gasteiger partial charge < -0.3 is 25.5 Å². The van der Waals surface area contributed by atoms with Gasteiger partial charge in [-0.25, -0.2) is 4.58 Å². The second kappa shape index (κ2) is 26.0. The molecule has 15 nitrogen and oxygen atoms in total. The number of phenolic OH excluding ortho intramolecular Hbond substituents is 1. The number of benzene rings is 6. The normalized spacial score (nSPS) is 17.5. The summed E-state index contributed by atoms with van der Waals surface area (Å²) in [6, 6.07) is 36.5. The largest absolute Gasteiger partial charge is 0.506 e. The number of aromatic hydroxyl groups is 1. The minimum Gasteiger partial charge on any atom is -0.506 e. The molecule has 91 heavy (non-hydrogen) atoms. The zero-order valence-electron chi connectivity index (χ0n) is 55.7. The Morgan fingerprint density at radius 3 is 2.23 bits per heavy atom. The maximum atomic E-state index is 15.0. The molecular weight excluding hydrogens is 1130 g/mol. The Morgan fingerprint density at radius 2 is 1.53 bits per heavy atom. The molecule has 0 saturated heterocycles. The van der Waals surface area contributed by atoms with Gasteiger partial charge in [-0.2, -0.15) is 5.11 Å². The number of azo groups is 1. The molecule has 3 unspecified atom stereocenters. The maximum Gasteiger partial charge on any atom is 0.254 e. The summed E-state index contributed by atoms with van der Waals surface area (Å²) in [7, 11) is 1.87. The summed E-state index contributed by atoms with van der Waals surface area (Å²) in [6.07, 6.45) is 9.16. The molecule has 11 rings (SSSR count). The third-order valence-electron chi connectivity index (χ3n) is 20.6. The Hall–Kier alpha value is -8.46. The van der Waals surface area contributed by atoms with E-state index in [0.717, 1.165) is 92.4 Å². The van der Waals surface area contributed by atoms with E-state index >= 15 is 0 Å². The van der Waals surface area contributed by atoms with Gasteiger partial charge >= 0.3 is 0 Å². The van der Waals surface area contributed by atoms with Crippen LogP contribution in [0, 0.1) is 6.92 Å². The predicted molar refractivity (Wildman–Crippen MR) is 362 cm³/mol. The number of hydrogen-bond acceptors (Lipinski definition) is 11. The minimum absolute atomic E-state index is 0.0125. The van der Waals surface area contributed by atoms with Gasteiger partial charge in [0.2, 0.25) is 23.0 Å². The van der Waals surface area contributed by atoms with E-state index in [4.69, 9.17) is 0 Å². The van der Waals surface area contributed by atoms with Crippen LogP contribution in [0.3, 0.4) is 0 Å². The van der Waals surface area contributed by atoms with E-state index in [0.29, 0.717) is 73.4 Å². The second-order valence-electron chi connectivity index (χ2n) is 27.7. The first kappa shape index (κ1) is 64.1. The second-order valence-corrected chi connectivity index (χ2v) is 27.7. The quantitative estimate of drug-likeness (QED) is 0.0466. The van der Waals surface area contributed by atoms with Crippen LogP contribution in [0.25, 0.3) is 17.0 Å². The molecule has 7 aromatic rings. The van der Waals surface area contributed by atoms with Crippen molar-refractivity contribution in [2.24, 2.45) is 10.2 Å². The first-order chi connectivity index (χ1) is 43.6. The van der Waals surface area contributed by atoms with Gasteiger partial charge in [-0.15, -0.1) is 25.5 Å². The molecule has 4 aliphatic rings. The number of phenols is 1. The highest BCUT2D eigenvalue weighted by Gasteiger charge is 2.44. The van der Waals surface area contributed by atoms with E-state index in [1.54, 1.807) is 24.0 Å². The number of nitrogens with zero attached hydrogens (tertiary/aromatic N) is 9. The van der Waals surface area contributed by atoms with Crippen LogP contribution in [0.2, 0.25) is 0 Å². The van der Waals surface area contributed by atoms with E-state index in [9.17, 15) is 19.5 Å². The highest BCUT2D eigenvalue weighted by Crippen LogP contribution is 2.50. The van der Waals surface area contributed by atoms with Crippen LogP contribution in [-0.4, -0.2) is 93.4 Å². The Morgan fingerprint density at radius 1 is 0.813 bits per heavy atom. The molecule has 0 saturated carbocycles. The van der Waals surface area contributed by atoms with Gasteiger partial charge in [0.05, 0.1) is 11.1 Å². The lowest BCUT2D eigenvalue weighted by molar-refractivity contribution is -0.126. The molecule has 15 heteroatoms. The Balaban J connectivity index is 0.725. The first-order valence-corrected chi connectivity index (χ1v) is 33.3. The summed E-state index contributed by atoms with van der Waals surface area (Å²) >= 11 is 0. The highest BCUT2D eigenvalue weighted by atomic mass is 16.3. The fourth-order valence-electron chi connectivity index (χ4n) is 15.4. The molecule has 4 heterocycles. The number of carbonyl (C=O) groups is 3. The van der Waals surface area contributed by atoms with Gasteiger partial charge in [0.25, 0.3) is 5.91 Å². The van der Waals surface area contributed by atoms with Crippen LogP contribution in [-0.2, 0) is 45.2 Å². The molecule has 0 spiro atoms. The number of anilines is 1. The standard InChI is InChI=1S/C76H91N11O4/c1-13-36-76(11,72(91)78-47-50-26-28-51(29-27-50)70-83-79-49(5)80-84-70)53-30-33-55(34-31-53)81-82-63-35-32-54(43-65(63)88)75(10,14-2)37-38-77-66(89)25-20-39-85(12)71(90)57-23-17-16-22-56(57)67-60-44-59-48(4)46-73(6,7)87(15-3)64(59)45-62(60)74(8,9)68-58-24-19-41-86-40-18-21-52(69(58)86)42-61(67)68/h16-17,22-23,26-35,42-45,48H,13-15,18-21,24-25,36-41,46-47H2,1-12H3,(H2-,77,78,81,88,89,91)/p+1. The number of rotatable bonds is 21. The summed E-state index contributed by atoms with van der Waals surface area (Å²) in [5, 5.41) is 45.3. The van der Waals surface area contributed by atoms with Crippen LogP contribution < -0.4 is 30.7 Å². The molecule has 474 valence electrons. The Labute approximate surface area is 537 Å². The summed E-state index contributed by atoms with van der Waals surface area (Å²) in [6.45, 7) is 28.8. The lowest BCUT2D eigenvalue weighted by Crippen LogP contribution is -2.53. The van der Waals surface area contributed by atoms with Crippen LogP contribution in [0.4, 0.5) is 17.1 Å². The first-order valence-electron chi connectivity index (χ1n) is 33.3. The molecular formula is C76H92N11O4+. The average Bonchev–Trinajstić information content (AvgIpc) is 0.696. The van der Waals surface area contributed by atoms with E-state index in [1.807, 2.05) is 80.7 Å². The van der Waals surface area contributed by atoms with Crippen molar-refractivity contribution >= 4 is 40.4 Å². The Kier molecular flexibility index (Phi) is 18.3. The summed E-state index contributed by atoms with van der Waals surface area (Å²) < 4.78 is 2.62. The number of fused-ring (bicyclic) bond motifs is 4. The predicted octanol–water partition coefficient (Wildman–Crippen LogP) is 12.8. The molecule has 0 fully saturated rings. The molecule has 3 atom stereocenters. The lowest BCUT2D eigenvalue weighted by Gasteiger charge is -2.44. The smallest absolute Gasteiger partial charge is 0.254 e. The summed E-state index contributed by atoms with van der Waals surface area (Å²) in [5.41, 5.74) is 15.7. The van der Waals surface area contributed by atoms with Gasteiger partial charge in [0.1, 0.15) is 18.0 Å². The van der Waals surface area contributed by atoms with E-state index in [2.05, 4.69) is 143 Å². The third kappa shape index (κ3) is 12.6. The van der Waals surface area contributed by atoms with Crippen molar-refractivity contribution in [2.45, 2.75) is 181 Å². The van der Waals surface area contributed by atoms with Crippen molar-refractivity contribution in [1.82, 2.24) is 40.5 Å².